The Hall–Kier alpha value is -2.54. The minimum atomic E-state index is 0. The van der Waals surface area contributed by atoms with E-state index in [9.17, 15) is 0 Å². The lowest BCUT2D eigenvalue weighted by atomic mass is 9.91. The molecule has 0 aliphatic heterocycles. The van der Waals surface area contributed by atoms with E-state index in [0.717, 1.165) is 48.0 Å². The summed E-state index contributed by atoms with van der Waals surface area (Å²) in [5.41, 5.74) is 14.3. The fourth-order valence-electron chi connectivity index (χ4n) is 4.01. The predicted octanol–water partition coefficient (Wildman–Crippen LogP) is 5.60. The predicted molar refractivity (Wildman–Crippen MR) is 145 cm³/mol. The summed E-state index contributed by atoms with van der Waals surface area (Å²) < 4.78 is 0. The second kappa shape index (κ2) is 12.1. The van der Waals surface area contributed by atoms with Gasteiger partial charge in [0.05, 0.1) is 11.6 Å². The van der Waals surface area contributed by atoms with Crippen LogP contribution in [-0.4, -0.2) is 28.0 Å². The van der Waals surface area contributed by atoms with Crippen LogP contribution < -0.4 is 16.8 Å². The molecule has 0 radical (unpaired) electrons. The van der Waals surface area contributed by atoms with Gasteiger partial charge in [0.1, 0.15) is 5.82 Å². The van der Waals surface area contributed by atoms with E-state index in [0.29, 0.717) is 10.8 Å². The van der Waals surface area contributed by atoms with Gasteiger partial charge in [-0.2, -0.15) is 0 Å². The zero-order valence-electron chi connectivity index (χ0n) is 18.4. The molecule has 1 saturated carbocycles. The quantitative estimate of drug-likeness (QED) is 0.308. The largest absolute Gasteiger partial charge is 0.370 e. The molecule has 1 fully saturated rings. The molecule has 0 spiro atoms. The number of guanidine groups is 1. The number of nitrogens with zero attached hydrogens (tertiary/aromatic N) is 3. The number of aromatic nitrogens is 2. The maximum Gasteiger partial charge on any atom is 0.186 e. The third-order valence-electron chi connectivity index (χ3n) is 5.48. The van der Waals surface area contributed by atoms with Gasteiger partial charge < -0.3 is 16.8 Å². The second-order valence-corrected chi connectivity index (χ2v) is 8.49. The molecule has 4 rings (SSSR count). The van der Waals surface area contributed by atoms with E-state index in [1.165, 1.54) is 5.56 Å². The van der Waals surface area contributed by atoms with E-state index in [-0.39, 0.29) is 42.9 Å². The average molecular weight is 508 g/mol. The summed E-state index contributed by atoms with van der Waals surface area (Å²) in [7, 11) is 0. The number of anilines is 1. The van der Waals surface area contributed by atoms with Gasteiger partial charge in [-0.15, -0.1) is 24.8 Å². The molecule has 1 aromatic heterocycles. The Kier molecular flexibility index (Phi) is 9.77. The number of hydrogen-bond acceptors (Lipinski definition) is 4. The maximum absolute atomic E-state index is 5.98. The number of aliphatic imine (C=N–C) groups is 1. The van der Waals surface area contributed by atoms with Crippen molar-refractivity contribution in [3.63, 3.8) is 0 Å². The number of halogens is 3. The lowest BCUT2D eigenvalue weighted by molar-refractivity contribution is 0.410. The zero-order chi connectivity index (χ0) is 21.8. The van der Waals surface area contributed by atoms with Crippen molar-refractivity contribution in [2.24, 2.45) is 16.5 Å². The summed E-state index contributed by atoms with van der Waals surface area (Å²) in [6, 6.07) is 14.3. The summed E-state index contributed by atoms with van der Waals surface area (Å²) >= 11 is 5.98. The molecule has 2 aromatic carbocycles. The average Bonchev–Trinajstić information content (AvgIpc) is 2.73. The van der Waals surface area contributed by atoms with E-state index >= 15 is 0 Å². The van der Waals surface area contributed by atoms with Gasteiger partial charge in [-0.3, -0.25) is 4.99 Å². The van der Waals surface area contributed by atoms with Gasteiger partial charge in [0.25, 0.3) is 0 Å². The molecule has 9 heteroatoms. The molecule has 0 unspecified atom stereocenters. The molecule has 1 aliphatic rings. The van der Waals surface area contributed by atoms with E-state index in [1.807, 2.05) is 42.5 Å². The number of nitrogens with one attached hydrogen (secondary N) is 1. The maximum atomic E-state index is 5.98. The highest BCUT2D eigenvalue weighted by Crippen LogP contribution is 2.28. The van der Waals surface area contributed by atoms with Crippen LogP contribution in [0.25, 0.3) is 23.1 Å². The lowest BCUT2D eigenvalue weighted by Crippen LogP contribution is -2.32. The monoisotopic (exact) mass is 506 g/mol. The summed E-state index contributed by atoms with van der Waals surface area (Å²) in [5, 5.41) is 5.38. The van der Waals surface area contributed by atoms with Crippen molar-refractivity contribution in [1.82, 2.24) is 9.97 Å². The second-order valence-electron chi connectivity index (χ2n) is 8.05. The Morgan fingerprint density at radius 1 is 1.06 bits per heavy atom. The van der Waals surface area contributed by atoms with Gasteiger partial charge in [0, 0.05) is 16.5 Å². The topological polar surface area (TPSA) is 102 Å². The molecule has 6 nitrogen and oxygen atoms in total. The van der Waals surface area contributed by atoms with Crippen molar-refractivity contribution in [2.45, 2.75) is 44.7 Å². The molecule has 0 saturated heterocycles. The molecular formula is C24H29Cl3N6. The number of hydrogen-bond donors (Lipinski definition) is 3. The van der Waals surface area contributed by atoms with Gasteiger partial charge in [0.2, 0.25) is 0 Å². The molecule has 0 amide bonds. The molecule has 2 atom stereocenters. The van der Waals surface area contributed by atoms with E-state index in [2.05, 4.69) is 29.4 Å². The van der Waals surface area contributed by atoms with Gasteiger partial charge >= 0.3 is 0 Å². The standard InChI is InChI=1S/C24H27ClN6.2ClH/c1-15-5-11-21-20(13-15)23(28-18-3-2-4-19(14-18)29-24(26)27)31-22(30-21)12-8-16-6-9-17(25)10-7-16;;/h5-13,18-19H,2-4,14H2,1H3,(H4,26,27,29)(H,28,30,31);2*1H/t18-,19-;;/m0../s1. The van der Waals surface area contributed by atoms with E-state index in [1.54, 1.807) is 0 Å². The van der Waals surface area contributed by atoms with Crippen LogP contribution in [0.1, 0.15) is 42.6 Å². The lowest BCUT2D eigenvalue weighted by Gasteiger charge is -2.28. The molecule has 3 aromatic rings. The van der Waals surface area contributed by atoms with Crippen LogP contribution in [0.4, 0.5) is 5.82 Å². The molecule has 5 N–H and O–H groups in total. The van der Waals surface area contributed by atoms with Crippen molar-refractivity contribution < 1.29 is 0 Å². The van der Waals surface area contributed by atoms with Crippen molar-refractivity contribution in [2.75, 3.05) is 5.32 Å². The first-order valence-electron chi connectivity index (χ1n) is 10.5. The first kappa shape index (κ1) is 26.7. The number of rotatable bonds is 5. The van der Waals surface area contributed by atoms with Gasteiger partial charge in [-0.1, -0.05) is 41.4 Å². The number of nitrogens with two attached hydrogens (primary N) is 2. The number of fused-ring (bicyclic) bond motifs is 1. The molecule has 1 aliphatic carbocycles. The fourth-order valence-corrected chi connectivity index (χ4v) is 4.13. The van der Waals surface area contributed by atoms with Gasteiger partial charge in [-0.25, -0.2) is 9.97 Å². The van der Waals surface area contributed by atoms with Crippen LogP contribution >= 0.6 is 36.4 Å². The molecule has 0 bridgehead atoms. The summed E-state index contributed by atoms with van der Waals surface area (Å²) in [4.78, 5) is 13.9. The third kappa shape index (κ3) is 7.22. The summed E-state index contributed by atoms with van der Waals surface area (Å²) in [6.45, 7) is 2.08. The minimum absolute atomic E-state index is 0. The van der Waals surface area contributed by atoms with Crippen molar-refractivity contribution in [3.8, 4) is 0 Å². The Balaban J connectivity index is 0.00000193. The van der Waals surface area contributed by atoms with Gasteiger partial charge in [-0.05, 0) is 68.5 Å². The van der Waals surface area contributed by atoms with Crippen LogP contribution in [0.15, 0.2) is 47.5 Å². The van der Waals surface area contributed by atoms with Crippen LogP contribution in [0.3, 0.4) is 0 Å². The normalized spacial score (nSPS) is 17.8. The zero-order valence-corrected chi connectivity index (χ0v) is 20.8. The Morgan fingerprint density at radius 3 is 2.55 bits per heavy atom. The molecule has 176 valence electrons. The number of aryl methyl sites for hydroxylation is 1. The minimum Gasteiger partial charge on any atom is -0.370 e. The van der Waals surface area contributed by atoms with Crippen molar-refractivity contribution in [1.29, 1.82) is 0 Å². The molecule has 33 heavy (non-hydrogen) atoms. The summed E-state index contributed by atoms with van der Waals surface area (Å²) in [5.74, 6) is 1.66. The summed E-state index contributed by atoms with van der Waals surface area (Å²) in [6.07, 6.45) is 7.94. The Labute approximate surface area is 211 Å². The number of benzene rings is 2. The van der Waals surface area contributed by atoms with Gasteiger partial charge in [0.15, 0.2) is 11.8 Å². The third-order valence-corrected chi connectivity index (χ3v) is 5.73. The molecular weight excluding hydrogens is 479 g/mol. The first-order valence-corrected chi connectivity index (χ1v) is 10.9. The highest BCUT2D eigenvalue weighted by molar-refractivity contribution is 6.30. The highest BCUT2D eigenvalue weighted by Gasteiger charge is 2.22. The smallest absolute Gasteiger partial charge is 0.186 e. The van der Waals surface area contributed by atoms with Crippen molar-refractivity contribution >= 4 is 71.2 Å². The SMILES string of the molecule is Cc1ccc2nc(C=Cc3ccc(Cl)cc3)nc(N[C@H]3CCC[C@H](N=C(N)N)C3)c2c1.Cl.Cl. The Morgan fingerprint density at radius 2 is 1.82 bits per heavy atom. The molecule has 1 heterocycles. The Bertz CT molecular complexity index is 1130. The fraction of sp³-hybridized carbons (Fsp3) is 0.292. The van der Waals surface area contributed by atoms with Crippen LogP contribution in [0, 0.1) is 6.92 Å². The van der Waals surface area contributed by atoms with E-state index < -0.39 is 0 Å². The van der Waals surface area contributed by atoms with Crippen LogP contribution in [-0.2, 0) is 0 Å². The first-order chi connectivity index (χ1) is 15.0. The highest BCUT2D eigenvalue weighted by atomic mass is 35.5. The van der Waals surface area contributed by atoms with E-state index in [4.69, 9.17) is 33.0 Å². The van der Waals surface area contributed by atoms with Crippen LogP contribution in [0.5, 0.6) is 0 Å². The van der Waals surface area contributed by atoms with Crippen LogP contribution in [0.2, 0.25) is 5.02 Å². The van der Waals surface area contributed by atoms with Crippen molar-refractivity contribution in [3.05, 3.63) is 64.4 Å².